The number of methoxy groups -OCH3 is 1. The smallest absolute Gasteiger partial charge is 0.345 e. The third-order valence-corrected chi connectivity index (χ3v) is 5.85. The van der Waals surface area contributed by atoms with Crippen molar-refractivity contribution in [1.29, 1.82) is 0 Å². The summed E-state index contributed by atoms with van der Waals surface area (Å²) >= 11 is 6.07. The predicted molar refractivity (Wildman–Crippen MR) is 147 cm³/mol. The van der Waals surface area contributed by atoms with Gasteiger partial charge in [0, 0.05) is 0 Å². The summed E-state index contributed by atoms with van der Waals surface area (Å²) < 4.78 is 16.5. The number of hydrogen-bond donors (Lipinski definition) is 1. The fourth-order valence-electron chi connectivity index (χ4n) is 3.51. The molecule has 0 saturated carbocycles. The van der Waals surface area contributed by atoms with Crippen LogP contribution < -0.4 is 19.6 Å². The molecule has 0 bridgehead atoms. The van der Waals surface area contributed by atoms with Crippen LogP contribution in [0.1, 0.15) is 22.8 Å². The van der Waals surface area contributed by atoms with E-state index in [0.717, 1.165) is 11.1 Å². The molecular weight excluding hydrogens is 504 g/mol. The molecule has 38 heavy (non-hydrogen) atoms. The van der Waals surface area contributed by atoms with Gasteiger partial charge in [0.15, 0.2) is 17.6 Å². The number of benzene rings is 4. The number of carbonyl (C=O) groups excluding carboxylic acids is 2. The Morgan fingerprint density at radius 1 is 0.868 bits per heavy atom. The first kappa shape index (κ1) is 26.4. The Balaban J connectivity index is 1.32. The molecule has 0 radical (unpaired) electrons. The molecule has 0 aliphatic rings. The van der Waals surface area contributed by atoms with Crippen LogP contribution in [0.3, 0.4) is 0 Å². The lowest BCUT2D eigenvalue weighted by atomic mass is 10.1. The molecule has 7 nitrogen and oxygen atoms in total. The zero-order valence-electron chi connectivity index (χ0n) is 20.8. The summed E-state index contributed by atoms with van der Waals surface area (Å²) in [5, 5.41) is 4.29. The number of hydrazone groups is 1. The van der Waals surface area contributed by atoms with Gasteiger partial charge in [-0.3, -0.25) is 4.79 Å². The second kappa shape index (κ2) is 12.6. The van der Waals surface area contributed by atoms with Crippen molar-refractivity contribution in [3.63, 3.8) is 0 Å². The van der Waals surface area contributed by atoms with Gasteiger partial charge in [0.05, 0.1) is 23.9 Å². The molecule has 1 N–H and O–H groups in total. The molecule has 0 saturated heterocycles. The monoisotopic (exact) mass is 528 g/mol. The van der Waals surface area contributed by atoms with Crippen molar-refractivity contribution in [2.45, 2.75) is 13.0 Å². The highest BCUT2D eigenvalue weighted by molar-refractivity contribution is 6.33. The third kappa shape index (κ3) is 6.78. The Morgan fingerprint density at radius 2 is 1.55 bits per heavy atom. The van der Waals surface area contributed by atoms with E-state index in [0.29, 0.717) is 22.1 Å². The standard InChI is InChI=1S/C30H25ClN2O5/c1-20(37-24-15-13-23(14-16-24)22-8-4-3-5-9-22)29(34)33-32-19-21-12-17-27(28(18-21)36-2)38-30(35)25-10-6-7-11-26(25)31/h3-20H,1-2H3,(H,33,34)/b32-19-/t20-/m1/s1. The number of amides is 1. The Hall–Kier alpha value is -4.62. The molecule has 4 aromatic rings. The highest BCUT2D eigenvalue weighted by Crippen LogP contribution is 2.29. The lowest BCUT2D eigenvalue weighted by molar-refractivity contribution is -0.127. The maximum absolute atomic E-state index is 12.5. The van der Waals surface area contributed by atoms with Gasteiger partial charge in [-0.25, -0.2) is 10.2 Å². The molecule has 0 fully saturated rings. The number of nitrogens with one attached hydrogen (secondary N) is 1. The van der Waals surface area contributed by atoms with Crippen molar-refractivity contribution in [1.82, 2.24) is 5.43 Å². The van der Waals surface area contributed by atoms with Crippen LogP contribution in [0.5, 0.6) is 17.2 Å². The normalized spacial score (nSPS) is 11.6. The first-order chi connectivity index (χ1) is 18.4. The first-order valence-electron chi connectivity index (χ1n) is 11.7. The van der Waals surface area contributed by atoms with Crippen molar-refractivity contribution in [2.24, 2.45) is 5.10 Å². The van der Waals surface area contributed by atoms with Gasteiger partial charge in [0.2, 0.25) is 0 Å². The largest absolute Gasteiger partial charge is 0.493 e. The maximum Gasteiger partial charge on any atom is 0.345 e. The van der Waals surface area contributed by atoms with E-state index in [9.17, 15) is 9.59 Å². The lowest BCUT2D eigenvalue weighted by Crippen LogP contribution is -2.33. The van der Waals surface area contributed by atoms with E-state index in [1.807, 2.05) is 54.6 Å². The van der Waals surface area contributed by atoms with Gasteiger partial charge >= 0.3 is 5.97 Å². The molecule has 0 aromatic heterocycles. The van der Waals surface area contributed by atoms with Crippen molar-refractivity contribution in [3.8, 4) is 28.4 Å². The molecular formula is C30H25ClN2O5. The molecule has 0 aliphatic heterocycles. The quantitative estimate of drug-likeness (QED) is 0.122. The molecule has 192 valence electrons. The number of nitrogens with zero attached hydrogens (tertiary/aromatic N) is 1. The van der Waals surface area contributed by atoms with Gasteiger partial charge in [0.1, 0.15) is 5.75 Å². The number of ether oxygens (including phenoxy) is 3. The molecule has 0 aliphatic carbocycles. The van der Waals surface area contributed by atoms with E-state index in [1.54, 1.807) is 49.4 Å². The zero-order chi connectivity index (χ0) is 26.9. The summed E-state index contributed by atoms with van der Waals surface area (Å²) in [6.07, 6.45) is 0.678. The summed E-state index contributed by atoms with van der Waals surface area (Å²) in [6.45, 7) is 1.64. The van der Waals surface area contributed by atoms with E-state index in [-0.39, 0.29) is 11.3 Å². The molecule has 8 heteroatoms. The molecule has 0 unspecified atom stereocenters. The van der Waals surface area contributed by atoms with E-state index >= 15 is 0 Å². The lowest BCUT2D eigenvalue weighted by Gasteiger charge is -2.13. The fourth-order valence-corrected chi connectivity index (χ4v) is 3.72. The van der Waals surface area contributed by atoms with Crippen molar-refractivity contribution in [3.05, 3.63) is 113 Å². The van der Waals surface area contributed by atoms with Crippen molar-refractivity contribution in [2.75, 3.05) is 7.11 Å². The van der Waals surface area contributed by atoms with E-state index in [2.05, 4.69) is 10.5 Å². The molecule has 1 atom stereocenters. The maximum atomic E-state index is 12.5. The fraction of sp³-hybridized carbons (Fsp3) is 0.100. The van der Waals surface area contributed by atoms with Crippen LogP contribution in [-0.2, 0) is 4.79 Å². The zero-order valence-corrected chi connectivity index (χ0v) is 21.5. The van der Waals surface area contributed by atoms with E-state index in [4.69, 9.17) is 25.8 Å². The highest BCUT2D eigenvalue weighted by atomic mass is 35.5. The van der Waals surface area contributed by atoms with Gasteiger partial charge < -0.3 is 14.2 Å². The van der Waals surface area contributed by atoms with E-state index < -0.39 is 18.0 Å². The Morgan fingerprint density at radius 3 is 2.26 bits per heavy atom. The van der Waals surface area contributed by atoms with Gasteiger partial charge in [-0.15, -0.1) is 0 Å². The Labute approximate surface area is 225 Å². The molecule has 4 rings (SSSR count). The summed E-state index contributed by atoms with van der Waals surface area (Å²) in [7, 11) is 1.45. The topological polar surface area (TPSA) is 86.2 Å². The summed E-state index contributed by atoms with van der Waals surface area (Å²) in [5.41, 5.74) is 5.48. The van der Waals surface area contributed by atoms with Crippen LogP contribution in [0, 0.1) is 0 Å². The minimum atomic E-state index is -0.768. The molecule has 0 spiro atoms. The minimum Gasteiger partial charge on any atom is -0.493 e. The van der Waals surface area contributed by atoms with Crippen LogP contribution in [0.4, 0.5) is 0 Å². The second-order valence-corrected chi connectivity index (χ2v) is 8.57. The average Bonchev–Trinajstić information content (AvgIpc) is 2.94. The third-order valence-electron chi connectivity index (χ3n) is 5.52. The van der Waals surface area contributed by atoms with Crippen molar-refractivity contribution >= 4 is 29.7 Å². The number of carbonyl (C=O) groups is 2. The first-order valence-corrected chi connectivity index (χ1v) is 12.1. The van der Waals surface area contributed by atoms with Crippen LogP contribution in [0.15, 0.2) is 102 Å². The van der Waals surface area contributed by atoms with Crippen LogP contribution in [-0.4, -0.2) is 31.3 Å². The number of rotatable bonds is 9. The van der Waals surface area contributed by atoms with Crippen molar-refractivity contribution < 1.29 is 23.8 Å². The summed E-state index contributed by atoms with van der Waals surface area (Å²) in [4.78, 5) is 24.9. The SMILES string of the molecule is COc1cc(/C=N\NC(=O)[C@@H](C)Oc2ccc(-c3ccccc3)cc2)ccc1OC(=O)c1ccccc1Cl. The van der Waals surface area contributed by atoms with Gasteiger partial charge in [-0.1, -0.05) is 66.2 Å². The second-order valence-electron chi connectivity index (χ2n) is 8.16. The predicted octanol–water partition coefficient (Wildman–Crippen LogP) is 6.15. The average molecular weight is 529 g/mol. The van der Waals surface area contributed by atoms with Gasteiger partial charge in [0.25, 0.3) is 5.91 Å². The number of halogens is 1. The van der Waals surface area contributed by atoms with Gasteiger partial charge in [-0.05, 0) is 66.1 Å². The molecule has 4 aromatic carbocycles. The molecule has 1 amide bonds. The number of esters is 1. The van der Waals surface area contributed by atoms with E-state index in [1.165, 1.54) is 13.3 Å². The van der Waals surface area contributed by atoms with Crippen LogP contribution in [0.2, 0.25) is 5.02 Å². The van der Waals surface area contributed by atoms with Gasteiger partial charge in [-0.2, -0.15) is 5.10 Å². The van der Waals surface area contributed by atoms with Crippen LogP contribution >= 0.6 is 11.6 Å². The summed E-state index contributed by atoms with van der Waals surface area (Å²) in [6, 6.07) is 29.0. The highest BCUT2D eigenvalue weighted by Gasteiger charge is 2.16. The Bertz CT molecular complexity index is 1440. The number of hydrogen-bond acceptors (Lipinski definition) is 6. The molecule has 0 heterocycles. The Kier molecular flexibility index (Phi) is 8.74. The minimum absolute atomic E-state index is 0.221. The van der Waals surface area contributed by atoms with Crippen LogP contribution in [0.25, 0.3) is 11.1 Å². The summed E-state index contributed by atoms with van der Waals surface area (Å²) in [5.74, 6) is 0.0927.